The molecule has 1 fully saturated rings. The summed E-state index contributed by atoms with van der Waals surface area (Å²) in [5.74, 6) is -0.0400. The Morgan fingerprint density at radius 1 is 1.09 bits per heavy atom. The lowest BCUT2D eigenvalue weighted by molar-refractivity contribution is -0.116. The summed E-state index contributed by atoms with van der Waals surface area (Å²) in [6, 6.07) is 7.64. The molecule has 126 valence electrons. The first-order chi connectivity index (χ1) is 11.1. The molecule has 0 aromatic heterocycles. The largest absolute Gasteiger partial charge is 0.338 e. The lowest BCUT2D eigenvalue weighted by Crippen LogP contribution is -2.43. The van der Waals surface area contributed by atoms with E-state index in [1.54, 1.807) is 0 Å². The molecule has 1 aromatic carbocycles. The minimum Gasteiger partial charge on any atom is -0.338 e. The number of amides is 3. The van der Waals surface area contributed by atoms with E-state index < -0.39 is 0 Å². The van der Waals surface area contributed by atoms with Gasteiger partial charge in [-0.3, -0.25) is 4.79 Å². The third-order valence-corrected chi connectivity index (χ3v) is 4.46. The summed E-state index contributed by atoms with van der Waals surface area (Å²) in [6.45, 7) is 0.506. The van der Waals surface area contributed by atoms with Crippen LogP contribution in [0.1, 0.15) is 44.9 Å². The molecular weight excluding hydrogens is 358 g/mol. The number of carbonyl (C=O) groups excluding carboxylic acids is 2. The lowest BCUT2D eigenvalue weighted by Gasteiger charge is -2.22. The normalized spacial score (nSPS) is 15.0. The second-order valence-corrected chi connectivity index (χ2v) is 6.81. The van der Waals surface area contributed by atoms with E-state index in [0.29, 0.717) is 25.4 Å². The molecule has 1 aliphatic carbocycles. The van der Waals surface area contributed by atoms with Gasteiger partial charge in [-0.05, 0) is 43.5 Å². The van der Waals surface area contributed by atoms with Gasteiger partial charge in [-0.2, -0.15) is 0 Å². The third-order valence-electron chi connectivity index (χ3n) is 3.93. The van der Waals surface area contributed by atoms with E-state index in [1.807, 2.05) is 24.3 Å². The third kappa shape index (κ3) is 7.03. The van der Waals surface area contributed by atoms with Crippen molar-refractivity contribution in [2.24, 2.45) is 0 Å². The summed E-state index contributed by atoms with van der Waals surface area (Å²) >= 11 is 3.35. The Morgan fingerprint density at radius 3 is 2.48 bits per heavy atom. The first-order valence-electron chi connectivity index (χ1n) is 8.23. The van der Waals surface area contributed by atoms with Crippen molar-refractivity contribution in [2.45, 2.75) is 51.0 Å². The molecule has 0 unspecified atom stereocenters. The van der Waals surface area contributed by atoms with Crippen LogP contribution in [0, 0.1) is 0 Å². The molecule has 5 nitrogen and oxygen atoms in total. The van der Waals surface area contributed by atoms with Crippen LogP contribution in [0.25, 0.3) is 0 Å². The Bertz CT molecular complexity index is 513. The summed E-state index contributed by atoms with van der Waals surface area (Å²) in [5, 5.41) is 8.65. The summed E-state index contributed by atoms with van der Waals surface area (Å²) in [5.41, 5.74) is 0.779. The molecule has 0 atom stereocenters. The van der Waals surface area contributed by atoms with Gasteiger partial charge >= 0.3 is 6.03 Å². The number of urea groups is 1. The number of anilines is 1. The average Bonchev–Trinajstić information content (AvgIpc) is 2.55. The van der Waals surface area contributed by atoms with Gasteiger partial charge < -0.3 is 16.0 Å². The number of halogens is 1. The molecule has 1 aromatic rings. The topological polar surface area (TPSA) is 70.2 Å². The standard InChI is InChI=1S/C17H24BrN3O2/c18-13-8-10-15(11-9-13)20-16(22)7-4-12-19-17(23)21-14-5-2-1-3-6-14/h8-11,14H,1-7,12H2,(H,20,22)(H2,19,21,23). The SMILES string of the molecule is O=C(CCCNC(=O)NC1CCCCC1)Nc1ccc(Br)cc1. The lowest BCUT2D eigenvalue weighted by atomic mass is 9.96. The minimum absolute atomic E-state index is 0.0400. The predicted octanol–water partition coefficient (Wildman–Crippen LogP) is 3.80. The van der Waals surface area contributed by atoms with E-state index in [4.69, 9.17) is 0 Å². The van der Waals surface area contributed by atoms with Crippen molar-refractivity contribution in [1.29, 1.82) is 0 Å². The second-order valence-electron chi connectivity index (χ2n) is 5.89. The van der Waals surface area contributed by atoms with Crippen LogP contribution in [0.2, 0.25) is 0 Å². The van der Waals surface area contributed by atoms with Gasteiger partial charge in [-0.1, -0.05) is 35.2 Å². The number of hydrogen-bond donors (Lipinski definition) is 3. The van der Waals surface area contributed by atoms with Crippen molar-refractivity contribution in [3.8, 4) is 0 Å². The number of hydrogen-bond acceptors (Lipinski definition) is 2. The van der Waals surface area contributed by atoms with Crippen LogP contribution in [0.4, 0.5) is 10.5 Å². The van der Waals surface area contributed by atoms with E-state index in [-0.39, 0.29) is 11.9 Å². The smallest absolute Gasteiger partial charge is 0.315 e. The van der Waals surface area contributed by atoms with Gasteiger partial charge in [0.15, 0.2) is 0 Å². The Morgan fingerprint density at radius 2 is 1.78 bits per heavy atom. The van der Waals surface area contributed by atoms with E-state index in [0.717, 1.165) is 23.0 Å². The maximum Gasteiger partial charge on any atom is 0.315 e. The molecule has 23 heavy (non-hydrogen) atoms. The van der Waals surface area contributed by atoms with Crippen LogP contribution in [-0.4, -0.2) is 24.5 Å². The maximum atomic E-state index is 11.8. The summed E-state index contributed by atoms with van der Waals surface area (Å²) in [4.78, 5) is 23.6. The van der Waals surface area contributed by atoms with Crippen LogP contribution in [0.5, 0.6) is 0 Å². The number of nitrogens with one attached hydrogen (secondary N) is 3. The minimum atomic E-state index is -0.120. The fourth-order valence-corrected chi connectivity index (χ4v) is 2.96. The summed E-state index contributed by atoms with van der Waals surface area (Å²) in [6.07, 6.45) is 6.82. The highest BCUT2D eigenvalue weighted by atomic mass is 79.9. The first kappa shape index (κ1) is 17.8. The zero-order valence-corrected chi connectivity index (χ0v) is 14.8. The highest BCUT2D eigenvalue weighted by Gasteiger charge is 2.15. The Kier molecular flexibility index (Phi) is 7.39. The van der Waals surface area contributed by atoms with E-state index >= 15 is 0 Å². The predicted molar refractivity (Wildman–Crippen MR) is 95.4 cm³/mol. The van der Waals surface area contributed by atoms with Crippen molar-refractivity contribution >= 4 is 33.6 Å². The van der Waals surface area contributed by atoms with E-state index in [9.17, 15) is 9.59 Å². The summed E-state index contributed by atoms with van der Waals surface area (Å²) in [7, 11) is 0. The molecule has 0 aliphatic heterocycles. The fourth-order valence-electron chi connectivity index (χ4n) is 2.69. The molecule has 0 saturated heterocycles. The van der Waals surface area contributed by atoms with Gasteiger partial charge in [0.1, 0.15) is 0 Å². The highest BCUT2D eigenvalue weighted by Crippen LogP contribution is 2.17. The van der Waals surface area contributed by atoms with Crippen molar-refractivity contribution in [2.75, 3.05) is 11.9 Å². The molecule has 1 aliphatic rings. The van der Waals surface area contributed by atoms with Crippen molar-refractivity contribution in [3.63, 3.8) is 0 Å². The Hall–Kier alpha value is -1.56. The highest BCUT2D eigenvalue weighted by molar-refractivity contribution is 9.10. The molecule has 3 N–H and O–H groups in total. The van der Waals surface area contributed by atoms with Crippen molar-refractivity contribution < 1.29 is 9.59 Å². The Balaban J connectivity index is 1.56. The molecular formula is C17H24BrN3O2. The quantitative estimate of drug-likeness (QED) is 0.655. The van der Waals surface area contributed by atoms with Crippen LogP contribution in [-0.2, 0) is 4.79 Å². The average molecular weight is 382 g/mol. The van der Waals surface area contributed by atoms with Gasteiger partial charge in [-0.25, -0.2) is 4.79 Å². The van der Waals surface area contributed by atoms with E-state index in [1.165, 1.54) is 19.3 Å². The van der Waals surface area contributed by atoms with Crippen LogP contribution >= 0.6 is 15.9 Å². The number of benzene rings is 1. The zero-order chi connectivity index (χ0) is 16.5. The molecule has 0 heterocycles. The number of carbonyl (C=O) groups is 2. The molecule has 2 rings (SSSR count). The maximum absolute atomic E-state index is 11.8. The van der Waals surface area contributed by atoms with Gasteiger partial charge in [0.05, 0.1) is 0 Å². The van der Waals surface area contributed by atoms with Crippen LogP contribution in [0.15, 0.2) is 28.7 Å². The van der Waals surface area contributed by atoms with Crippen LogP contribution in [0.3, 0.4) is 0 Å². The molecule has 0 bridgehead atoms. The number of rotatable bonds is 6. The van der Waals surface area contributed by atoms with E-state index in [2.05, 4.69) is 31.9 Å². The monoisotopic (exact) mass is 381 g/mol. The van der Waals surface area contributed by atoms with Crippen molar-refractivity contribution in [1.82, 2.24) is 10.6 Å². The van der Waals surface area contributed by atoms with Gasteiger partial charge in [0.25, 0.3) is 0 Å². The molecule has 3 amide bonds. The molecule has 0 radical (unpaired) electrons. The van der Waals surface area contributed by atoms with Gasteiger partial charge in [-0.15, -0.1) is 0 Å². The Labute approximate surface area is 145 Å². The van der Waals surface area contributed by atoms with Gasteiger partial charge in [0.2, 0.25) is 5.91 Å². The zero-order valence-electron chi connectivity index (χ0n) is 13.2. The first-order valence-corrected chi connectivity index (χ1v) is 9.02. The molecule has 0 spiro atoms. The second kappa shape index (κ2) is 9.55. The molecule has 6 heteroatoms. The summed E-state index contributed by atoms with van der Waals surface area (Å²) < 4.78 is 0.976. The molecule has 1 saturated carbocycles. The van der Waals surface area contributed by atoms with Gasteiger partial charge in [0, 0.05) is 29.2 Å². The van der Waals surface area contributed by atoms with Crippen molar-refractivity contribution in [3.05, 3.63) is 28.7 Å². The fraction of sp³-hybridized carbons (Fsp3) is 0.529. The van der Waals surface area contributed by atoms with Crippen LogP contribution < -0.4 is 16.0 Å².